The molecule has 0 aliphatic carbocycles. The van der Waals surface area contributed by atoms with Gasteiger partial charge >= 0.3 is 6.36 Å². The Morgan fingerprint density at radius 1 is 0.889 bits per heavy atom. The smallest absolute Gasteiger partial charge is 0.406 e. The zero-order chi connectivity index (χ0) is 18.9. The molecule has 0 bridgehead atoms. The van der Waals surface area contributed by atoms with Crippen LogP contribution in [-0.2, 0) is 10.0 Å². The van der Waals surface area contributed by atoms with Crippen molar-refractivity contribution in [2.24, 2.45) is 0 Å². The van der Waals surface area contributed by atoms with Crippen molar-refractivity contribution in [2.75, 3.05) is 4.72 Å². The molecule has 0 spiro atoms. The van der Waals surface area contributed by atoms with Gasteiger partial charge in [0.1, 0.15) is 11.6 Å². The van der Waals surface area contributed by atoms with Crippen LogP contribution < -0.4 is 9.46 Å². The molecule has 10 heteroatoms. The van der Waals surface area contributed by atoms with Gasteiger partial charge in [0.05, 0.1) is 10.6 Å². The van der Waals surface area contributed by atoms with Crippen molar-refractivity contribution < 1.29 is 30.7 Å². The predicted molar refractivity (Wildman–Crippen MR) is 95.1 cm³/mol. The van der Waals surface area contributed by atoms with Crippen molar-refractivity contribution in [1.82, 2.24) is 0 Å². The average molecular weight is 422 g/mol. The Bertz CT molecular complexity index is 1070. The highest BCUT2D eigenvalue weighted by Gasteiger charge is 2.31. The molecule has 1 N–H and O–H groups in total. The highest BCUT2D eigenvalue weighted by atomic mass is 35.5. The van der Waals surface area contributed by atoms with E-state index < -0.39 is 28.0 Å². The molecule has 0 heterocycles. The summed E-state index contributed by atoms with van der Waals surface area (Å²) in [7, 11) is -4.17. The molecule has 0 fully saturated rings. The average Bonchev–Trinajstić information content (AvgIpc) is 2.53. The standard InChI is InChI=1S/C17H11F4NO3S.ClH/c18-15-8-9-16(14-7-2-1-6-13(14)15)26(23,24)22-11-4-3-5-12(10-11)25-17(19,20)21;/h1-10,22H;1H. The van der Waals surface area contributed by atoms with E-state index in [1.54, 1.807) is 12.1 Å². The highest BCUT2D eigenvalue weighted by Crippen LogP contribution is 2.29. The first-order chi connectivity index (χ1) is 12.2. The molecule has 0 amide bonds. The molecule has 4 nitrogen and oxygen atoms in total. The van der Waals surface area contributed by atoms with Crippen molar-refractivity contribution >= 4 is 38.9 Å². The maximum absolute atomic E-state index is 13.9. The van der Waals surface area contributed by atoms with Gasteiger partial charge in [-0.3, -0.25) is 4.72 Å². The molecular formula is C17H12ClF4NO3S. The lowest BCUT2D eigenvalue weighted by Crippen LogP contribution is -2.17. The van der Waals surface area contributed by atoms with Crippen LogP contribution in [0.3, 0.4) is 0 Å². The van der Waals surface area contributed by atoms with Crippen LogP contribution in [0.25, 0.3) is 10.8 Å². The number of fused-ring (bicyclic) bond motifs is 1. The van der Waals surface area contributed by atoms with Gasteiger partial charge in [-0.05, 0) is 24.3 Å². The van der Waals surface area contributed by atoms with Gasteiger partial charge in [-0.2, -0.15) is 0 Å². The van der Waals surface area contributed by atoms with Gasteiger partial charge in [0.25, 0.3) is 10.0 Å². The first kappa shape index (κ1) is 20.8. The molecule has 3 aromatic rings. The second-order valence-electron chi connectivity index (χ2n) is 5.27. The third-order valence-corrected chi connectivity index (χ3v) is 4.88. The molecule has 0 radical (unpaired) electrons. The number of rotatable bonds is 4. The number of halogens is 5. The predicted octanol–water partition coefficient (Wildman–Crippen LogP) is 5.10. The molecule has 0 saturated heterocycles. The third-order valence-electron chi connectivity index (χ3n) is 3.44. The molecule has 0 aliphatic rings. The highest BCUT2D eigenvalue weighted by molar-refractivity contribution is 7.93. The van der Waals surface area contributed by atoms with Crippen LogP contribution in [0.2, 0.25) is 0 Å². The molecule has 0 unspecified atom stereocenters. The molecule has 0 aromatic heterocycles. The number of ether oxygens (including phenoxy) is 1. The fraction of sp³-hybridized carbons (Fsp3) is 0.0588. The first-order valence-electron chi connectivity index (χ1n) is 7.22. The van der Waals surface area contributed by atoms with Crippen LogP contribution in [0.15, 0.2) is 65.6 Å². The summed E-state index contributed by atoms with van der Waals surface area (Å²) in [5.41, 5.74) is -0.125. The lowest BCUT2D eigenvalue weighted by molar-refractivity contribution is -0.274. The van der Waals surface area contributed by atoms with Crippen molar-refractivity contribution in [2.45, 2.75) is 11.3 Å². The molecule has 0 atom stereocenters. The lowest BCUT2D eigenvalue weighted by Gasteiger charge is -2.13. The zero-order valence-electron chi connectivity index (χ0n) is 13.3. The van der Waals surface area contributed by atoms with E-state index in [1.807, 2.05) is 0 Å². The molecule has 27 heavy (non-hydrogen) atoms. The minimum Gasteiger partial charge on any atom is -0.406 e. The molecule has 0 aliphatic heterocycles. The molecular weight excluding hydrogens is 410 g/mol. The summed E-state index contributed by atoms with van der Waals surface area (Å²) in [6.07, 6.45) is -4.90. The SMILES string of the molecule is Cl.O=S(=O)(Nc1cccc(OC(F)(F)F)c1)c1ccc(F)c2ccccc12. The van der Waals surface area contributed by atoms with E-state index in [1.165, 1.54) is 24.3 Å². The minimum atomic E-state index is -4.90. The summed E-state index contributed by atoms with van der Waals surface area (Å²) in [6, 6.07) is 12.5. The van der Waals surface area contributed by atoms with E-state index in [0.29, 0.717) is 0 Å². The summed E-state index contributed by atoms with van der Waals surface area (Å²) >= 11 is 0. The van der Waals surface area contributed by atoms with E-state index in [2.05, 4.69) is 9.46 Å². The molecule has 3 aromatic carbocycles. The summed E-state index contributed by atoms with van der Waals surface area (Å²) in [5.74, 6) is -1.15. The Hall–Kier alpha value is -2.52. The van der Waals surface area contributed by atoms with Gasteiger partial charge in [0, 0.05) is 16.8 Å². The normalized spacial score (nSPS) is 11.7. The Balaban J connectivity index is 0.00000261. The maximum atomic E-state index is 13.9. The number of hydrogen-bond donors (Lipinski definition) is 1. The molecule has 144 valence electrons. The number of benzene rings is 3. The van der Waals surface area contributed by atoms with Gasteiger partial charge in [0.2, 0.25) is 0 Å². The number of sulfonamides is 1. The fourth-order valence-electron chi connectivity index (χ4n) is 2.44. The van der Waals surface area contributed by atoms with Gasteiger partial charge in [0.15, 0.2) is 0 Å². The minimum absolute atomic E-state index is 0. The van der Waals surface area contributed by atoms with E-state index >= 15 is 0 Å². The first-order valence-corrected chi connectivity index (χ1v) is 8.70. The van der Waals surface area contributed by atoms with E-state index in [9.17, 15) is 26.0 Å². The topological polar surface area (TPSA) is 55.4 Å². The monoisotopic (exact) mass is 421 g/mol. The Morgan fingerprint density at radius 2 is 1.56 bits per heavy atom. The van der Waals surface area contributed by atoms with Gasteiger partial charge < -0.3 is 4.74 Å². The Labute approximate surface area is 158 Å². The second-order valence-corrected chi connectivity index (χ2v) is 6.92. The van der Waals surface area contributed by atoms with Crippen LogP contribution in [0, 0.1) is 5.82 Å². The van der Waals surface area contributed by atoms with Crippen molar-refractivity contribution in [3.05, 3.63) is 66.5 Å². The number of alkyl halides is 3. The number of anilines is 1. The summed E-state index contributed by atoms with van der Waals surface area (Å²) in [5, 5.41) is 0.271. The number of nitrogens with one attached hydrogen (secondary N) is 1. The third kappa shape index (κ3) is 4.81. The van der Waals surface area contributed by atoms with E-state index in [0.717, 1.165) is 24.3 Å². The van der Waals surface area contributed by atoms with E-state index in [4.69, 9.17) is 0 Å². The summed E-state index contributed by atoms with van der Waals surface area (Å²) in [4.78, 5) is -0.198. The van der Waals surface area contributed by atoms with Crippen LogP contribution in [0.1, 0.15) is 0 Å². The van der Waals surface area contributed by atoms with Gasteiger partial charge in [-0.15, -0.1) is 25.6 Å². The van der Waals surface area contributed by atoms with Crippen LogP contribution in [0.4, 0.5) is 23.2 Å². The largest absolute Gasteiger partial charge is 0.573 e. The Morgan fingerprint density at radius 3 is 2.22 bits per heavy atom. The summed E-state index contributed by atoms with van der Waals surface area (Å²) in [6.45, 7) is 0. The maximum Gasteiger partial charge on any atom is 0.573 e. The van der Waals surface area contributed by atoms with Crippen LogP contribution in [0.5, 0.6) is 5.75 Å². The summed E-state index contributed by atoms with van der Waals surface area (Å²) < 4.78 is 81.9. The van der Waals surface area contributed by atoms with Crippen molar-refractivity contribution in [3.63, 3.8) is 0 Å². The van der Waals surface area contributed by atoms with Crippen molar-refractivity contribution in [1.29, 1.82) is 0 Å². The number of hydrogen-bond acceptors (Lipinski definition) is 3. The molecule has 0 saturated carbocycles. The van der Waals surface area contributed by atoms with Gasteiger partial charge in [-0.1, -0.05) is 30.3 Å². The quantitative estimate of drug-likeness (QED) is 0.596. The second kappa shape index (κ2) is 7.61. The Kier molecular flexibility index (Phi) is 5.86. The van der Waals surface area contributed by atoms with Crippen molar-refractivity contribution in [3.8, 4) is 5.75 Å². The van der Waals surface area contributed by atoms with Gasteiger partial charge in [-0.25, -0.2) is 12.8 Å². The molecule has 3 rings (SSSR count). The lowest BCUT2D eigenvalue weighted by atomic mass is 10.1. The van der Waals surface area contributed by atoms with Crippen LogP contribution in [-0.4, -0.2) is 14.8 Å². The fourth-order valence-corrected chi connectivity index (χ4v) is 3.70. The zero-order valence-corrected chi connectivity index (χ0v) is 15.0. The van der Waals surface area contributed by atoms with E-state index in [-0.39, 0.29) is 33.8 Å². The van der Waals surface area contributed by atoms with Crippen LogP contribution >= 0.6 is 12.4 Å².